The minimum Gasteiger partial charge on any atom is -0.493 e. The van der Waals surface area contributed by atoms with Crippen LogP contribution in [0.2, 0.25) is 0 Å². The molecular formula is C22H37IN4O3. The maximum Gasteiger partial charge on any atom is 0.194 e. The SMILES string of the molecule is CCNC(=NCCN(CCOC)C1CC1)N1CCc2cc(OC)c(OC)cc2C1.I. The highest BCUT2D eigenvalue weighted by Gasteiger charge is 2.28. The summed E-state index contributed by atoms with van der Waals surface area (Å²) in [7, 11) is 5.14. The highest BCUT2D eigenvalue weighted by Crippen LogP contribution is 2.33. The molecule has 0 unspecified atom stereocenters. The summed E-state index contributed by atoms with van der Waals surface area (Å²) in [5, 5.41) is 3.47. The largest absolute Gasteiger partial charge is 0.493 e. The summed E-state index contributed by atoms with van der Waals surface area (Å²) in [5.41, 5.74) is 2.61. The third kappa shape index (κ3) is 6.62. The molecule has 1 aromatic rings. The Kier molecular flexibility index (Phi) is 10.5. The van der Waals surface area contributed by atoms with Crippen molar-refractivity contribution in [1.29, 1.82) is 0 Å². The molecule has 1 aliphatic carbocycles. The number of nitrogens with zero attached hydrogens (tertiary/aromatic N) is 3. The number of guanidine groups is 1. The number of fused-ring (bicyclic) bond motifs is 1. The smallest absolute Gasteiger partial charge is 0.194 e. The summed E-state index contributed by atoms with van der Waals surface area (Å²) >= 11 is 0. The first-order chi connectivity index (χ1) is 14.2. The van der Waals surface area contributed by atoms with Crippen LogP contribution < -0.4 is 14.8 Å². The topological polar surface area (TPSA) is 58.6 Å². The molecule has 0 bridgehead atoms. The van der Waals surface area contributed by atoms with Crippen LogP contribution in [-0.4, -0.2) is 82.5 Å². The van der Waals surface area contributed by atoms with Gasteiger partial charge in [0.1, 0.15) is 0 Å². The van der Waals surface area contributed by atoms with Gasteiger partial charge < -0.3 is 24.4 Å². The van der Waals surface area contributed by atoms with E-state index in [2.05, 4.69) is 34.2 Å². The fourth-order valence-electron chi connectivity index (χ4n) is 3.90. The predicted molar refractivity (Wildman–Crippen MR) is 132 cm³/mol. The zero-order valence-electron chi connectivity index (χ0n) is 18.8. The number of benzene rings is 1. The lowest BCUT2D eigenvalue weighted by molar-refractivity contribution is 0.145. The fraction of sp³-hybridized carbons (Fsp3) is 0.682. The lowest BCUT2D eigenvalue weighted by atomic mass is 9.99. The van der Waals surface area contributed by atoms with Crippen LogP contribution in [-0.2, 0) is 17.7 Å². The number of aliphatic imine (C=N–C) groups is 1. The molecule has 0 aromatic heterocycles. The summed E-state index contributed by atoms with van der Waals surface area (Å²) in [5.74, 6) is 2.58. The van der Waals surface area contributed by atoms with Gasteiger partial charge in [-0.1, -0.05) is 0 Å². The van der Waals surface area contributed by atoms with E-state index in [0.717, 1.165) is 75.8 Å². The number of methoxy groups -OCH3 is 3. The van der Waals surface area contributed by atoms with Crippen LogP contribution in [0, 0.1) is 0 Å². The van der Waals surface area contributed by atoms with Gasteiger partial charge in [-0.15, -0.1) is 24.0 Å². The van der Waals surface area contributed by atoms with Crippen LogP contribution in [0.15, 0.2) is 17.1 Å². The molecule has 170 valence electrons. The van der Waals surface area contributed by atoms with Crippen LogP contribution in [0.4, 0.5) is 0 Å². The van der Waals surface area contributed by atoms with E-state index in [-0.39, 0.29) is 24.0 Å². The van der Waals surface area contributed by atoms with Crippen molar-refractivity contribution in [3.63, 3.8) is 0 Å². The Morgan fingerprint density at radius 1 is 1.13 bits per heavy atom. The summed E-state index contributed by atoms with van der Waals surface area (Å²) in [6.07, 6.45) is 3.59. The molecule has 8 heteroatoms. The van der Waals surface area contributed by atoms with Crippen LogP contribution >= 0.6 is 24.0 Å². The summed E-state index contributed by atoms with van der Waals surface area (Å²) < 4.78 is 16.2. The molecule has 3 rings (SSSR count). The van der Waals surface area contributed by atoms with Gasteiger partial charge in [-0.25, -0.2) is 0 Å². The maximum atomic E-state index is 5.49. The lowest BCUT2D eigenvalue weighted by Crippen LogP contribution is -2.44. The van der Waals surface area contributed by atoms with Crippen molar-refractivity contribution in [3.8, 4) is 11.5 Å². The first-order valence-corrected chi connectivity index (χ1v) is 10.7. The van der Waals surface area contributed by atoms with Gasteiger partial charge in [0.15, 0.2) is 17.5 Å². The molecule has 0 radical (unpaired) electrons. The number of ether oxygens (including phenoxy) is 3. The van der Waals surface area contributed by atoms with Gasteiger partial charge in [0.25, 0.3) is 0 Å². The second kappa shape index (κ2) is 12.6. The van der Waals surface area contributed by atoms with Crippen molar-refractivity contribution in [2.75, 3.05) is 60.7 Å². The van der Waals surface area contributed by atoms with Gasteiger partial charge in [0, 0.05) is 45.9 Å². The molecule has 1 N–H and O–H groups in total. The first kappa shape index (κ1) is 25.0. The van der Waals surface area contributed by atoms with Gasteiger partial charge in [-0.2, -0.15) is 0 Å². The monoisotopic (exact) mass is 532 g/mol. The molecule has 1 aromatic carbocycles. The predicted octanol–water partition coefficient (Wildman–Crippen LogP) is 2.76. The molecule has 1 heterocycles. The Morgan fingerprint density at radius 3 is 2.43 bits per heavy atom. The van der Waals surface area contributed by atoms with Gasteiger partial charge in [-0.3, -0.25) is 9.89 Å². The van der Waals surface area contributed by atoms with E-state index in [1.165, 1.54) is 24.0 Å². The third-order valence-corrected chi connectivity index (χ3v) is 5.65. The molecule has 7 nitrogen and oxygen atoms in total. The van der Waals surface area contributed by atoms with E-state index in [1.807, 2.05) is 0 Å². The molecule has 1 fully saturated rings. The second-order valence-corrected chi connectivity index (χ2v) is 7.64. The Bertz CT molecular complexity index is 697. The second-order valence-electron chi connectivity index (χ2n) is 7.64. The summed E-state index contributed by atoms with van der Waals surface area (Å²) in [6.45, 7) is 8.33. The molecule has 1 saturated carbocycles. The van der Waals surface area contributed by atoms with Crippen molar-refractivity contribution in [3.05, 3.63) is 23.3 Å². The number of hydrogen-bond donors (Lipinski definition) is 1. The highest BCUT2D eigenvalue weighted by atomic mass is 127. The van der Waals surface area contributed by atoms with Crippen molar-refractivity contribution in [2.45, 2.75) is 38.8 Å². The van der Waals surface area contributed by atoms with Gasteiger partial charge in [0.2, 0.25) is 0 Å². The van der Waals surface area contributed by atoms with Crippen molar-refractivity contribution >= 4 is 29.9 Å². The Morgan fingerprint density at radius 2 is 1.83 bits per heavy atom. The Hall–Kier alpha value is -1.26. The fourth-order valence-corrected chi connectivity index (χ4v) is 3.90. The Balaban J connectivity index is 0.00000320. The molecule has 0 saturated heterocycles. The number of rotatable bonds is 10. The van der Waals surface area contributed by atoms with Crippen LogP contribution in [0.5, 0.6) is 11.5 Å². The molecule has 0 spiro atoms. The number of nitrogens with one attached hydrogen (secondary N) is 1. The van der Waals surface area contributed by atoms with E-state index >= 15 is 0 Å². The van der Waals surface area contributed by atoms with Crippen LogP contribution in [0.3, 0.4) is 0 Å². The van der Waals surface area contributed by atoms with Crippen LogP contribution in [0.25, 0.3) is 0 Å². The molecular weight excluding hydrogens is 495 g/mol. The number of halogens is 1. The zero-order valence-corrected chi connectivity index (χ0v) is 21.1. The number of hydrogen-bond acceptors (Lipinski definition) is 5. The molecule has 30 heavy (non-hydrogen) atoms. The lowest BCUT2D eigenvalue weighted by Gasteiger charge is -2.32. The Labute approximate surface area is 198 Å². The molecule has 1 aliphatic heterocycles. The van der Waals surface area contributed by atoms with Gasteiger partial charge in [0.05, 0.1) is 27.4 Å². The summed E-state index contributed by atoms with van der Waals surface area (Å²) in [6, 6.07) is 4.94. The third-order valence-electron chi connectivity index (χ3n) is 5.65. The van der Waals surface area contributed by atoms with E-state index in [4.69, 9.17) is 19.2 Å². The normalized spacial score (nSPS) is 16.2. The van der Waals surface area contributed by atoms with Gasteiger partial charge >= 0.3 is 0 Å². The van der Waals surface area contributed by atoms with E-state index in [0.29, 0.717) is 0 Å². The van der Waals surface area contributed by atoms with E-state index in [9.17, 15) is 0 Å². The quantitative estimate of drug-likeness (QED) is 0.284. The maximum absolute atomic E-state index is 5.49. The molecule has 0 amide bonds. The first-order valence-electron chi connectivity index (χ1n) is 10.7. The zero-order chi connectivity index (χ0) is 20.6. The van der Waals surface area contributed by atoms with Gasteiger partial charge in [-0.05, 0) is 49.4 Å². The van der Waals surface area contributed by atoms with Crippen molar-refractivity contribution in [1.82, 2.24) is 15.1 Å². The van der Waals surface area contributed by atoms with E-state index in [1.54, 1.807) is 21.3 Å². The minimum absolute atomic E-state index is 0. The average Bonchev–Trinajstić information content (AvgIpc) is 3.59. The van der Waals surface area contributed by atoms with Crippen molar-refractivity contribution in [2.24, 2.45) is 4.99 Å². The highest BCUT2D eigenvalue weighted by molar-refractivity contribution is 14.0. The average molecular weight is 532 g/mol. The summed E-state index contributed by atoms with van der Waals surface area (Å²) in [4.78, 5) is 9.79. The minimum atomic E-state index is 0. The van der Waals surface area contributed by atoms with E-state index < -0.39 is 0 Å². The molecule has 0 atom stereocenters. The van der Waals surface area contributed by atoms with Crippen molar-refractivity contribution < 1.29 is 14.2 Å². The standard InChI is InChI=1S/C22H36N4O3.HI/c1-5-23-22(24-9-11-25(12-13-27-2)19-6-7-19)26-10-8-17-14-20(28-3)21(29-4)15-18(17)16-26;/h14-15,19H,5-13,16H2,1-4H3,(H,23,24);1H. The molecule has 2 aliphatic rings. The van der Waals surface area contributed by atoms with Crippen LogP contribution in [0.1, 0.15) is 30.9 Å².